The van der Waals surface area contributed by atoms with Crippen LogP contribution < -0.4 is 0 Å². The fraction of sp³-hybridized carbons (Fsp3) is 0.538. The minimum Gasteiger partial charge on any atom is -0.0702 e. The third-order valence-corrected chi connectivity index (χ3v) is 3.31. The molecular formula is C13H16. The highest BCUT2D eigenvalue weighted by Gasteiger charge is 2.22. The summed E-state index contributed by atoms with van der Waals surface area (Å²) >= 11 is 0. The Kier molecular flexibility index (Phi) is 2.54. The Balaban J connectivity index is 2.08. The molecule has 0 heteroatoms. The van der Waals surface area contributed by atoms with Gasteiger partial charge in [-0.1, -0.05) is 31.9 Å². The third kappa shape index (κ3) is 1.86. The first kappa shape index (κ1) is 8.63. The predicted molar refractivity (Wildman–Crippen MR) is 54.5 cm³/mol. The summed E-state index contributed by atoms with van der Waals surface area (Å²) in [5, 5.41) is 0. The summed E-state index contributed by atoms with van der Waals surface area (Å²) in [4.78, 5) is 0. The summed E-state index contributed by atoms with van der Waals surface area (Å²) < 4.78 is 0. The summed E-state index contributed by atoms with van der Waals surface area (Å²) in [5.74, 6) is 1.63. The van der Waals surface area contributed by atoms with Crippen molar-refractivity contribution in [3.63, 3.8) is 0 Å². The molecule has 2 rings (SSSR count). The second-order valence-electron chi connectivity index (χ2n) is 4.10. The SMILES string of the molecule is CC(c1cc#ccc1)C1CCCC1. The van der Waals surface area contributed by atoms with E-state index in [9.17, 15) is 0 Å². The standard InChI is InChI=1S/C13H16/c1-11(13-9-5-6-10-13)12-7-3-2-4-8-12/h3,7-8,11,13H,5-6,9-10H2,1H3. The van der Waals surface area contributed by atoms with E-state index in [-0.39, 0.29) is 0 Å². The zero-order valence-corrected chi connectivity index (χ0v) is 8.22. The van der Waals surface area contributed by atoms with Gasteiger partial charge in [-0.05, 0) is 48.4 Å². The molecule has 0 aliphatic heterocycles. The molecule has 1 saturated carbocycles. The van der Waals surface area contributed by atoms with Crippen LogP contribution in [0, 0.1) is 18.1 Å². The smallest absolute Gasteiger partial charge is 0.00802 e. The first-order valence-corrected chi connectivity index (χ1v) is 5.25. The first-order chi connectivity index (χ1) is 6.38. The Morgan fingerprint density at radius 1 is 1.31 bits per heavy atom. The Morgan fingerprint density at radius 3 is 2.69 bits per heavy atom. The van der Waals surface area contributed by atoms with Gasteiger partial charge in [0.1, 0.15) is 0 Å². The van der Waals surface area contributed by atoms with E-state index in [4.69, 9.17) is 0 Å². The average Bonchev–Trinajstić information content (AvgIpc) is 2.71. The Bertz CT molecular complexity index is 244. The minimum atomic E-state index is 0.716. The summed E-state index contributed by atoms with van der Waals surface area (Å²) in [6, 6.07) is 12.2. The molecule has 1 aromatic rings. The van der Waals surface area contributed by atoms with Gasteiger partial charge in [-0.3, -0.25) is 0 Å². The fourth-order valence-electron chi connectivity index (χ4n) is 2.37. The van der Waals surface area contributed by atoms with Crippen molar-refractivity contribution < 1.29 is 0 Å². The number of hydrogen-bond donors (Lipinski definition) is 0. The zero-order chi connectivity index (χ0) is 9.10. The summed E-state index contributed by atoms with van der Waals surface area (Å²) in [7, 11) is 0. The van der Waals surface area contributed by atoms with E-state index < -0.39 is 0 Å². The van der Waals surface area contributed by atoms with Crippen molar-refractivity contribution in [3.05, 3.63) is 35.9 Å². The molecule has 0 radical (unpaired) electrons. The lowest BCUT2D eigenvalue weighted by atomic mass is 9.87. The van der Waals surface area contributed by atoms with Gasteiger partial charge >= 0.3 is 0 Å². The van der Waals surface area contributed by atoms with E-state index in [1.807, 2.05) is 6.07 Å². The van der Waals surface area contributed by atoms with Gasteiger partial charge in [-0.2, -0.15) is 0 Å². The fourth-order valence-corrected chi connectivity index (χ4v) is 2.37. The monoisotopic (exact) mass is 172 g/mol. The third-order valence-electron chi connectivity index (χ3n) is 3.31. The van der Waals surface area contributed by atoms with Crippen LogP contribution in [-0.4, -0.2) is 0 Å². The van der Waals surface area contributed by atoms with Crippen molar-refractivity contribution in [2.75, 3.05) is 0 Å². The molecule has 1 aliphatic carbocycles. The molecule has 1 aromatic carbocycles. The van der Waals surface area contributed by atoms with E-state index >= 15 is 0 Å². The van der Waals surface area contributed by atoms with Crippen molar-refractivity contribution >= 4 is 0 Å². The van der Waals surface area contributed by atoms with Gasteiger partial charge in [0.15, 0.2) is 0 Å². The molecule has 68 valence electrons. The van der Waals surface area contributed by atoms with Crippen LogP contribution in [0.15, 0.2) is 18.2 Å². The number of rotatable bonds is 2. The largest absolute Gasteiger partial charge is 0.0702 e. The molecule has 0 N–H and O–H groups in total. The van der Waals surface area contributed by atoms with Gasteiger partial charge in [0, 0.05) is 0 Å². The van der Waals surface area contributed by atoms with Crippen LogP contribution in [0.3, 0.4) is 0 Å². The average molecular weight is 172 g/mol. The van der Waals surface area contributed by atoms with Gasteiger partial charge in [-0.15, -0.1) is 0 Å². The van der Waals surface area contributed by atoms with Crippen LogP contribution in [0.5, 0.6) is 0 Å². The van der Waals surface area contributed by atoms with Crippen LogP contribution in [0.4, 0.5) is 0 Å². The highest BCUT2D eigenvalue weighted by atomic mass is 14.3. The van der Waals surface area contributed by atoms with Crippen LogP contribution in [0.25, 0.3) is 0 Å². The molecule has 0 spiro atoms. The predicted octanol–water partition coefficient (Wildman–Crippen LogP) is 3.58. The number of hydrogen-bond acceptors (Lipinski definition) is 0. The Hall–Kier alpha value is -0.960. The molecule has 1 fully saturated rings. The lowest BCUT2D eigenvalue weighted by molar-refractivity contribution is 0.461. The van der Waals surface area contributed by atoms with Gasteiger partial charge in [0.25, 0.3) is 0 Å². The normalized spacial score (nSPS) is 19.8. The Labute approximate surface area is 81.0 Å². The molecule has 0 amide bonds. The van der Waals surface area contributed by atoms with E-state index in [1.54, 1.807) is 0 Å². The van der Waals surface area contributed by atoms with Crippen LogP contribution in [-0.2, 0) is 0 Å². The van der Waals surface area contributed by atoms with Gasteiger partial charge in [-0.25, -0.2) is 0 Å². The quantitative estimate of drug-likeness (QED) is 0.639. The minimum absolute atomic E-state index is 0.716. The maximum Gasteiger partial charge on any atom is -0.00802 e. The second-order valence-corrected chi connectivity index (χ2v) is 4.10. The highest BCUT2D eigenvalue weighted by Crippen LogP contribution is 2.36. The highest BCUT2D eigenvalue weighted by molar-refractivity contribution is 5.16. The van der Waals surface area contributed by atoms with E-state index in [0.717, 1.165) is 5.92 Å². The molecule has 0 saturated heterocycles. The second kappa shape index (κ2) is 3.83. The molecule has 13 heavy (non-hydrogen) atoms. The van der Waals surface area contributed by atoms with Gasteiger partial charge in [0.2, 0.25) is 0 Å². The maximum atomic E-state index is 3.04. The summed E-state index contributed by atoms with van der Waals surface area (Å²) in [6.45, 7) is 2.35. The molecule has 1 atom stereocenters. The summed E-state index contributed by atoms with van der Waals surface area (Å²) in [5.41, 5.74) is 1.44. The molecule has 0 aromatic heterocycles. The lowest BCUT2D eigenvalue weighted by Crippen LogP contribution is -2.05. The van der Waals surface area contributed by atoms with Crippen molar-refractivity contribution in [1.82, 2.24) is 0 Å². The van der Waals surface area contributed by atoms with Gasteiger partial charge in [0.05, 0.1) is 0 Å². The van der Waals surface area contributed by atoms with Crippen LogP contribution in [0.1, 0.15) is 44.1 Å². The van der Waals surface area contributed by atoms with Crippen molar-refractivity contribution in [2.24, 2.45) is 5.92 Å². The van der Waals surface area contributed by atoms with Crippen LogP contribution in [0.2, 0.25) is 0 Å². The molecule has 1 aliphatic rings. The first-order valence-electron chi connectivity index (χ1n) is 5.25. The molecular weight excluding hydrogens is 156 g/mol. The van der Waals surface area contributed by atoms with Crippen molar-refractivity contribution in [2.45, 2.75) is 38.5 Å². The molecule has 1 unspecified atom stereocenters. The van der Waals surface area contributed by atoms with Crippen LogP contribution >= 0.6 is 0 Å². The van der Waals surface area contributed by atoms with Gasteiger partial charge < -0.3 is 0 Å². The van der Waals surface area contributed by atoms with E-state index in [1.165, 1.54) is 31.2 Å². The Morgan fingerprint density at radius 2 is 2.08 bits per heavy atom. The van der Waals surface area contributed by atoms with E-state index in [0.29, 0.717) is 5.92 Å². The van der Waals surface area contributed by atoms with Crippen molar-refractivity contribution in [3.8, 4) is 0 Å². The lowest BCUT2D eigenvalue weighted by Gasteiger charge is -2.18. The molecule has 0 bridgehead atoms. The maximum absolute atomic E-state index is 3.04. The van der Waals surface area contributed by atoms with Crippen molar-refractivity contribution in [1.29, 1.82) is 0 Å². The zero-order valence-electron chi connectivity index (χ0n) is 8.22. The van der Waals surface area contributed by atoms with E-state index in [2.05, 4.69) is 31.2 Å². The topological polar surface area (TPSA) is 0 Å². The molecule has 0 heterocycles. The molecule has 0 nitrogen and oxygen atoms in total. The summed E-state index contributed by atoms with van der Waals surface area (Å²) in [6.07, 6.45) is 5.69.